The Morgan fingerprint density at radius 2 is 2.15 bits per heavy atom. The molecule has 0 fully saturated rings. The molecule has 0 amide bonds. The van der Waals surface area contributed by atoms with Crippen LogP contribution < -0.4 is 0 Å². The van der Waals surface area contributed by atoms with Crippen molar-refractivity contribution < 1.29 is 0 Å². The fourth-order valence-corrected chi connectivity index (χ4v) is 1.11. The average molecular weight is 177 g/mol. The van der Waals surface area contributed by atoms with Crippen LogP contribution in [-0.4, -0.2) is 14.6 Å². The highest BCUT2D eigenvalue weighted by Gasteiger charge is 1.95. The molecule has 2 aromatic rings. The van der Waals surface area contributed by atoms with Crippen LogP contribution in [0.25, 0.3) is 5.52 Å². The Balaban J connectivity index is 0.000000396. The Kier molecular flexibility index (Phi) is 3.43. The molecule has 2 aromatic heterocycles. The highest BCUT2D eigenvalue weighted by Crippen LogP contribution is 2.06. The van der Waals surface area contributed by atoms with Gasteiger partial charge >= 0.3 is 0 Å². The van der Waals surface area contributed by atoms with Crippen molar-refractivity contribution in [2.75, 3.05) is 0 Å². The maximum atomic E-state index is 4.06. The summed E-state index contributed by atoms with van der Waals surface area (Å²) in [7, 11) is 0. The zero-order chi connectivity index (χ0) is 9.68. The maximum absolute atomic E-state index is 4.06. The third-order valence-electron chi connectivity index (χ3n) is 1.74. The van der Waals surface area contributed by atoms with E-state index < -0.39 is 0 Å². The summed E-state index contributed by atoms with van der Waals surface area (Å²) >= 11 is 0. The molecular weight excluding hydrogens is 162 g/mol. The summed E-state index contributed by atoms with van der Waals surface area (Å²) < 4.78 is 1.84. The zero-order valence-electron chi connectivity index (χ0n) is 8.36. The molecule has 70 valence electrons. The summed E-state index contributed by atoms with van der Waals surface area (Å²) in [6.07, 6.45) is 6.43. The van der Waals surface area contributed by atoms with E-state index in [0.717, 1.165) is 11.9 Å². The molecule has 0 aliphatic carbocycles. The van der Waals surface area contributed by atoms with Gasteiger partial charge in [-0.25, -0.2) is 9.50 Å². The molecule has 3 heteroatoms. The fourth-order valence-electron chi connectivity index (χ4n) is 1.11. The first-order valence-corrected chi connectivity index (χ1v) is 4.67. The first kappa shape index (κ1) is 9.71. The lowest BCUT2D eigenvalue weighted by atomic mass is 10.3. The summed E-state index contributed by atoms with van der Waals surface area (Å²) in [6, 6.07) is 2.10. The quantitative estimate of drug-likeness (QED) is 0.669. The second-order valence-corrected chi connectivity index (χ2v) is 2.48. The third-order valence-corrected chi connectivity index (χ3v) is 1.74. The molecule has 0 aromatic carbocycles. The molecule has 0 aliphatic rings. The fraction of sp³-hybridized carbons (Fsp3) is 0.400. The molecule has 0 spiro atoms. The third kappa shape index (κ3) is 2.05. The van der Waals surface area contributed by atoms with E-state index in [1.807, 2.05) is 30.8 Å². The van der Waals surface area contributed by atoms with E-state index >= 15 is 0 Å². The van der Waals surface area contributed by atoms with E-state index in [1.165, 1.54) is 5.56 Å². The monoisotopic (exact) mass is 177 g/mol. The zero-order valence-corrected chi connectivity index (χ0v) is 8.36. The lowest BCUT2D eigenvalue weighted by molar-refractivity contribution is 0.897. The highest BCUT2D eigenvalue weighted by atomic mass is 15.2. The molecule has 0 atom stereocenters. The van der Waals surface area contributed by atoms with Crippen LogP contribution in [0.15, 0.2) is 24.8 Å². The van der Waals surface area contributed by atoms with Crippen molar-refractivity contribution in [3.05, 3.63) is 30.4 Å². The number of rotatable bonds is 1. The van der Waals surface area contributed by atoms with Crippen molar-refractivity contribution in [1.82, 2.24) is 14.6 Å². The van der Waals surface area contributed by atoms with E-state index in [-0.39, 0.29) is 0 Å². The van der Waals surface area contributed by atoms with Gasteiger partial charge in [0.2, 0.25) is 0 Å². The Morgan fingerprint density at radius 3 is 2.77 bits per heavy atom. The van der Waals surface area contributed by atoms with Crippen LogP contribution in [-0.2, 0) is 6.42 Å². The highest BCUT2D eigenvalue weighted by molar-refractivity contribution is 5.46. The molecule has 2 rings (SSSR count). The van der Waals surface area contributed by atoms with Gasteiger partial charge in [0, 0.05) is 6.20 Å². The van der Waals surface area contributed by atoms with Crippen molar-refractivity contribution in [3.63, 3.8) is 0 Å². The number of hydrogen-bond donors (Lipinski definition) is 0. The van der Waals surface area contributed by atoms with Crippen molar-refractivity contribution in [2.24, 2.45) is 0 Å². The van der Waals surface area contributed by atoms with Crippen LogP contribution in [0, 0.1) is 0 Å². The first-order valence-electron chi connectivity index (χ1n) is 4.67. The summed E-state index contributed by atoms with van der Waals surface area (Å²) in [5, 5.41) is 4.06. The Morgan fingerprint density at radius 1 is 1.38 bits per heavy atom. The van der Waals surface area contributed by atoms with Gasteiger partial charge in [0.15, 0.2) is 0 Å². The van der Waals surface area contributed by atoms with Gasteiger partial charge < -0.3 is 0 Å². The van der Waals surface area contributed by atoms with Gasteiger partial charge in [0.05, 0.1) is 11.7 Å². The van der Waals surface area contributed by atoms with E-state index in [9.17, 15) is 0 Å². The molecule has 0 unspecified atom stereocenters. The van der Waals surface area contributed by atoms with Gasteiger partial charge in [0.25, 0.3) is 0 Å². The predicted octanol–water partition coefficient (Wildman–Crippen LogP) is 2.32. The smallest absolute Gasteiger partial charge is 0.136 e. The van der Waals surface area contributed by atoms with Gasteiger partial charge in [-0.15, -0.1) is 0 Å². The van der Waals surface area contributed by atoms with Crippen LogP contribution in [0.5, 0.6) is 0 Å². The predicted molar refractivity (Wildman–Crippen MR) is 53.7 cm³/mol. The van der Waals surface area contributed by atoms with Crippen LogP contribution >= 0.6 is 0 Å². The summed E-state index contributed by atoms with van der Waals surface area (Å²) in [5.41, 5.74) is 2.36. The van der Waals surface area contributed by atoms with Crippen molar-refractivity contribution >= 4 is 5.52 Å². The molecule has 0 saturated heterocycles. The molecule has 0 radical (unpaired) electrons. The van der Waals surface area contributed by atoms with Gasteiger partial charge in [-0.2, -0.15) is 5.10 Å². The van der Waals surface area contributed by atoms with Gasteiger partial charge in [-0.1, -0.05) is 20.8 Å². The topological polar surface area (TPSA) is 30.2 Å². The second-order valence-electron chi connectivity index (χ2n) is 2.48. The van der Waals surface area contributed by atoms with Gasteiger partial charge in [-0.05, 0) is 18.1 Å². The van der Waals surface area contributed by atoms with Crippen LogP contribution in [0.1, 0.15) is 26.3 Å². The standard InChI is InChI=1S/C8H9N3.C2H6/c1-2-7-3-8-4-9-6-10-11(8)5-7;1-2/h3-6H,2H2,1H3;1-2H3. The van der Waals surface area contributed by atoms with Crippen LogP contribution in [0.3, 0.4) is 0 Å². The van der Waals surface area contributed by atoms with Crippen molar-refractivity contribution in [1.29, 1.82) is 0 Å². The average Bonchev–Trinajstić information content (AvgIpc) is 2.63. The van der Waals surface area contributed by atoms with E-state index in [0.29, 0.717) is 0 Å². The summed E-state index contributed by atoms with van der Waals surface area (Å²) in [4.78, 5) is 3.93. The SMILES string of the molecule is CC.CCc1cc2cncnn2c1. The van der Waals surface area contributed by atoms with E-state index in [4.69, 9.17) is 0 Å². The normalized spacial score (nSPS) is 9.46. The Hall–Kier alpha value is -1.38. The number of aryl methyl sites for hydroxylation is 1. The van der Waals surface area contributed by atoms with Gasteiger partial charge in [-0.3, -0.25) is 0 Å². The van der Waals surface area contributed by atoms with Crippen LogP contribution in [0.2, 0.25) is 0 Å². The van der Waals surface area contributed by atoms with E-state index in [1.54, 1.807) is 6.33 Å². The molecular formula is C10H15N3. The molecule has 13 heavy (non-hydrogen) atoms. The molecule has 2 heterocycles. The van der Waals surface area contributed by atoms with Crippen molar-refractivity contribution in [3.8, 4) is 0 Å². The molecule has 0 aliphatic heterocycles. The molecule has 3 nitrogen and oxygen atoms in total. The first-order chi connectivity index (χ1) is 6.40. The molecule has 0 bridgehead atoms. The lowest BCUT2D eigenvalue weighted by Crippen LogP contribution is -1.87. The minimum absolute atomic E-state index is 1.04. The lowest BCUT2D eigenvalue weighted by Gasteiger charge is -1.86. The maximum Gasteiger partial charge on any atom is 0.136 e. The molecule has 0 N–H and O–H groups in total. The minimum Gasteiger partial charge on any atom is -0.241 e. The van der Waals surface area contributed by atoms with Crippen molar-refractivity contribution in [2.45, 2.75) is 27.2 Å². The number of hydrogen-bond acceptors (Lipinski definition) is 2. The summed E-state index contributed by atoms with van der Waals surface area (Å²) in [6.45, 7) is 6.13. The molecule has 0 saturated carbocycles. The number of fused-ring (bicyclic) bond motifs is 1. The minimum atomic E-state index is 1.04. The Bertz CT molecular complexity index is 332. The van der Waals surface area contributed by atoms with E-state index in [2.05, 4.69) is 23.1 Å². The second kappa shape index (κ2) is 4.60. The van der Waals surface area contributed by atoms with Crippen LogP contribution in [0.4, 0.5) is 0 Å². The summed E-state index contributed by atoms with van der Waals surface area (Å²) in [5.74, 6) is 0. The number of aromatic nitrogens is 3. The van der Waals surface area contributed by atoms with Gasteiger partial charge in [0.1, 0.15) is 6.33 Å². The Labute approximate surface area is 78.4 Å². The largest absolute Gasteiger partial charge is 0.241 e. The number of nitrogens with zero attached hydrogens (tertiary/aromatic N) is 3.